The van der Waals surface area contributed by atoms with Gasteiger partial charge in [0.05, 0.1) is 30.8 Å². The molecule has 1 aromatic heterocycles. The Morgan fingerprint density at radius 2 is 2.07 bits per heavy atom. The fourth-order valence-corrected chi connectivity index (χ4v) is 4.51. The Labute approximate surface area is 172 Å². The molecule has 1 aliphatic carbocycles. The van der Waals surface area contributed by atoms with Crippen LogP contribution in [0.15, 0.2) is 6.08 Å². The molecule has 156 valence electrons. The van der Waals surface area contributed by atoms with E-state index in [1.165, 1.54) is 42.3 Å². The van der Waals surface area contributed by atoms with E-state index in [0.29, 0.717) is 19.2 Å². The van der Waals surface area contributed by atoms with Crippen molar-refractivity contribution in [3.63, 3.8) is 0 Å². The largest absolute Gasteiger partial charge is 0.475 e. The van der Waals surface area contributed by atoms with Crippen LogP contribution < -0.4 is 9.64 Å². The average molecular weight is 409 g/mol. The van der Waals surface area contributed by atoms with Crippen molar-refractivity contribution in [2.45, 2.75) is 71.1 Å². The van der Waals surface area contributed by atoms with Gasteiger partial charge in [-0.05, 0) is 19.3 Å². The average Bonchev–Trinajstić information content (AvgIpc) is 3.21. The molecule has 0 amide bonds. The molecule has 0 radical (unpaired) electrons. The van der Waals surface area contributed by atoms with Crippen LogP contribution in [0.1, 0.15) is 76.8 Å². The lowest BCUT2D eigenvalue weighted by molar-refractivity contribution is -0.911. The normalized spacial score (nSPS) is 20.6. The maximum Gasteiger partial charge on any atom is 0.313 e. The third kappa shape index (κ3) is 6.27. The summed E-state index contributed by atoms with van der Waals surface area (Å²) in [6.45, 7) is 5.12. The van der Waals surface area contributed by atoms with Crippen LogP contribution in [0.25, 0.3) is 5.57 Å². The van der Waals surface area contributed by atoms with E-state index >= 15 is 0 Å². The Hall–Kier alpha value is -1.47. The van der Waals surface area contributed by atoms with Crippen molar-refractivity contribution in [2.24, 2.45) is 5.92 Å². The van der Waals surface area contributed by atoms with Crippen molar-refractivity contribution in [3.8, 4) is 5.88 Å². The molecule has 0 bridgehead atoms. The zero-order valence-corrected chi connectivity index (χ0v) is 17.9. The molecule has 3 rings (SSSR count). The van der Waals surface area contributed by atoms with E-state index in [9.17, 15) is 4.79 Å². The molecule has 2 heterocycles. The number of carbonyl (C=O) groups is 1. The standard InChI is InChI=1S/C21H33N3O3S/c1-2-3-4-8-14-26-20-19(22-28-23-20)18-12-9-13-24(15-18)16-27-21(25)17-10-6-5-7-11-17/h12,17H,2-11,13-16H2,1H3/p+1. The molecule has 1 aromatic rings. The molecule has 0 saturated heterocycles. The van der Waals surface area contributed by atoms with E-state index in [-0.39, 0.29) is 11.9 Å². The minimum absolute atomic E-state index is 0.00488. The third-order valence-corrected chi connectivity index (χ3v) is 6.20. The van der Waals surface area contributed by atoms with Crippen LogP contribution in [0.4, 0.5) is 0 Å². The van der Waals surface area contributed by atoms with Gasteiger partial charge in [-0.15, -0.1) is 4.37 Å². The minimum Gasteiger partial charge on any atom is -0.475 e. The number of unbranched alkanes of at least 4 members (excludes halogenated alkanes) is 3. The SMILES string of the molecule is CCCCCCOc1nsnc1C1=CCC[NH+](COC(=O)C2CCCCC2)C1. The smallest absolute Gasteiger partial charge is 0.313 e. The van der Waals surface area contributed by atoms with Crippen LogP contribution >= 0.6 is 11.7 Å². The van der Waals surface area contributed by atoms with E-state index in [4.69, 9.17) is 9.47 Å². The highest BCUT2D eigenvalue weighted by Crippen LogP contribution is 2.25. The second-order valence-electron chi connectivity index (χ2n) is 7.96. The van der Waals surface area contributed by atoms with Gasteiger partial charge in [0.25, 0.3) is 5.88 Å². The molecular formula is C21H34N3O3S+. The first-order valence-corrected chi connectivity index (χ1v) is 11.7. The topological polar surface area (TPSA) is 65.8 Å². The van der Waals surface area contributed by atoms with Gasteiger partial charge in [0.1, 0.15) is 12.2 Å². The van der Waals surface area contributed by atoms with Crippen molar-refractivity contribution in [2.75, 3.05) is 26.4 Å². The van der Waals surface area contributed by atoms with Crippen LogP contribution in [0, 0.1) is 5.92 Å². The van der Waals surface area contributed by atoms with Crippen molar-refractivity contribution >= 4 is 23.3 Å². The maximum atomic E-state index is 12.3. The van der Waals surface area contributed by atoms with Crippen molar-refractivity contribution < 1.29 is 19.2 Å². The summed E-state index contributed by atoms with van der Waals surface area (Å²) in [5, 5.41) is 0. The first-order valence-electron chi connectivity index (χ1n) is 10.9. The number of ether oxygens (including phenoxy) is 2. The van der Waals surface area contributed by atoms with Gasteiger partial charge < -0.3 is 9.47 Å². The van der Waals surface area contributed by atoms with Crippen molar-refractivity contribution in [1.82, 2.24) is 8.75 Å². The molecule has 1 unspecified atom stereocenters. The lowest BCUT2D eigenvalue weighted by Gasteiger charge is -2.25. The van der Waals surface area contributed by atoms with Crippen LogP contribution in [-0.2, 0) is 9.53 Å². The van der Waals surface area contributed by atoms with Crippen LogP contribution in [0.3, 0.4) is 0 Å². The minimum atomic E-state index is -0.00488. The number of quaternary nitrogens is 1. The summed E-state index contributed by atoms with van der Waals surface area (Å²) in [7, 11) is 0. The monoisotopic (exact) mass is 408 g/mol. The molecule has 28 heavy (non-hydrogen) atoms. The second kappa shape index (κ2) is 11.5. The van der Waals surface area contributed by atoms with Gasteiger partial charge in [0, 0.05) is 12.0 Å². The first kappa shape index (κ1) is 21.2. The highest BCUT2D eigenvalue weighted by atomic mass is 32.1. The Balaban J connectivity index is 1.46. The van der Waals surface area contributed by atoms with Gasteiger partial charge in [-0.1, -0.05) is 51.5 Å². The van der Waals surface area contributed by atoms with Gasteiger partial charge in [-0.3, -0.25) is 9.69 Å². The number of hydrogen-bond donors (Lipinski definition) is 1. The highest BCUT2D eigenvalue weighted by molar-refractivity contribution is 6.99. The predicted octanol–water partition coefficient (Wildman–Crippen LogP) is 3.25. The predicted molar refractivity (Wildman–Crippen MR) is 110 cm³/mol. The molecule has 2 aliphatic rings. The molecular weight excluding hydrogens is 374 g/mol. The quantitative estimate of drug-likeness (QED) is 0.476. The summed E-state index contributed by atoms with van der Waals surface area (Å²) >= 11 is 1.21. The Morgan fingerprint density at radius 1 is 1.21 bits per heavy atom. The van der Waals surface area contributed by atoms with Crippen molar-refractivity contribution in [1.29, 1.82) is 0 Å². The molecule has 1 saturated carbocycles. The van der Waals surface area contributed by atoms with E-state index in [0.717, 1.165) is 62.9 Å². The van der Waals surface area contributed by atoms with E-state index in [1.807, 2.05) is 0 Å². The molecule has 1 atom stereocenters. The number of nitrogens with one attached hydrogen (secondary N) is 1. The fraction of sp³-hybridized carbons (Fsp3) is 0.762. The number of esters is 1. The Morgan fingerprint density at radius 3 is 2.89 bits per heavy atom. The van der Waals surface area contributed by atoms with Crippen LogP contribution in [0.2, 0.25) is 0 Å². The summed E-state index contributed by atoms with van der Waals surface area (Å²) < 4.78 is 20.4. The molecule has 0 spiro atoms. The molecule has 7 heteroatoms. The number of aromatic nitrogens is 2. The summed E-state index contributed by atoms with van der Waals surface area (Å²) in [6.07, 6.45) is 13.4. The number of rotatable bonds is 10. The van der Waals surface area contributed by atoms with Crippen molar-refractivity contribution in [3.05, 3.63) is 11.8 Å². The molecule has 0 aromatic carbocycles. The lowest BCUT2D eigenvalue weighted by Crippen LogP contribution is -3.13. The lowest BCUT2D eigenvalue weighted by atomic mass is 9.89. The summed E-state index contributed by atoms with van der Waals surface area (Å²) in [6, 6.07) is 0. The maximum absolute atomic E-state index is 12.3. The molecule has 1 fully saturated rings. The van der Waals surface area contributed by atoms with Crippen LogP contribution in [0.5, 0.6) is 5.88 Å². The molecule has 1 aliphatic heterocycles. The number of hydrogen-bond acceptors (Lipinski definition) is 6. The highest BCUT2D eigenvalue weighted by Gasteiger charge is 2.26. The van der Waals surface area contributed by atoms with Crippen LogP contribution in [-0.4, -0.2) is 41.1 Å². The second-order valence-corrected chi connectivity index (χ2v) is 8.49. The Kier molecular flexibility index (Phi) is 8.73. The number of nitrogens with zero attached hydrogens (tertiary/aromatic N) is 2. The Bertz CT molecular complexity index is 641. The molecule has 1 N–H and O–H groups in total. The molecule has 6 nitrogen and oxygen atoms in total. The summed E-state index contributed by atoms with van der Waals surface area (Å²) in [4.78, 5) is 13.6. The zero-order chi connectivity index (χ0) is 19.6. The van der Waals surface area contributed by atoms with E-state index in [2.05, 4.69) is 21.7 Å². The zero-order valence-electron chi connectivity index (χ0n) is 17.1. The van der Waals surface area contributed by atoms with Gasteiger partial charge in [0.15, 0.2) is 0 Å². The third-order valence-electron chi connectivity index (χ3n) is 5.69. The van der Waals surface area contributed by atoms with Gasteiger partial charge in [-0.2, -0.15) is 4.37 Å². The van der Waals surface area contributed by atoms with E-state index in [1.54, 1.807) is 0 Å². The summed E-state index contributed by atoms with van der Waals surface area (Å²) in [5.74, 6) is 0.770. The van der Waals surface area contributed by atoms with Gasteiger partial charge in [0.2, 0.25) is 6.73 Å². The fourth-order valence-electron chi connectivity index (χ4n) is 3.98. The summed E-state index contributed by atoms with van der Waals surface area (Å²) in [5.41, 5.74) is 2.03. The first-order chi connectivity index (χ1) is 13.8. The van der Waals surface area contributed by atoms with E-state index < -0.39 is 0 Å². The van der Waals surface area contributed by atoms with Gasteiger partial charge in [-0.25, -0.2) is 0 Å². The van der Waals surface area contributed by atoms with Gasteiger partial charge >= 0.3 is 5.97 Å². The number of carbonyl (C=O) groups excluding carboxylic acids is 1.